The highest BCUT2D eigenvalue weighted by Crippen LogP contribution is 2.19. The Balaban J connectivity index is 2.17. The molecule has 1 fully saturated rings. The van der Waals surface area contributed by atoms with Gasteiger partial charge in [-0.05, 0) is 33.4 Å². The summed E-state index contributed by atoms with van der Waals surface area (Å²) < 4.78 is 11.4. The van der Waals surface area contributed by atoms with Crippen LogP contribution in [0.2, 0.25) is 0 Å². The molecule has 1 aliphatic heterocycles. The summed E-state index contributed by atoms with van der Waals surface area (Å²) in [6.07, 6.45) is 3.21. The second-order valence-electron chi connectivity index (χ2n) is 4.61. The van der Waals surface area contributed by atoms with Crippen molar-refractivity contribution in [2.45, 2.75) is 38.9 Å². The molecule has 0 aromatic heterocycles. The Labute approximate surface area is 106 Å². The van der Waals surface area contributed by atoms with Crippen molar-refractivity contribution in [1.82, 2.24) is 10.2 Å². The summed E-state index contributed by atoms with van der Waals surface area (Å²) in [5.74, 6) is 0. The summed E-state index contributed by atoms with van der Waals surface area (Å²) in [6, 6.07) is 0. The molecule has 17 heavy (non-hydrogen) atoms. The lowest BCUT2D eigenvalue weighted by Gasteiger charge is -2.24. The van der Waals surface area contributed by atoms with Gasteiger partial charge in [-0.1, -0.05) is 6.92 Å². The van der Waals surface area contributed by atoms with Crippen molar-refractivity contribution in [3.8, 4) is 0 Å². The Morgan fingerprint density at radius 2 is 2.06 bits per heavy atom. The summed E-state index contributed by atoms with van der Waals surface area (Å²) in [7, 11) is 1.98. The number of nitrogens with zero attached hydrogens (tertiary/aromatic N) is 1. The molecule has 4 nitrogen and oxygen atoms in total. The molecule has 1 rings (SSSR count). The molecule has 1 heterocycles. The lowest BCUT2D eigenvalue weighted by Crippen LogP contribution is -2.35. The van der Waals surface area contributed by atoms with E-state index >= 15 is 0 Å². The van der Waals surface area contributed by atoms with E-state index in [4.69, 9.17) is 9.47 Å². The van der Waals surface area contributed by atoms with Gasteiger partial charge in [-0.15, -0.1) is 0 Å². The first kappa shape index (κ1) is 14.9. The van der Waals surface area contributed by atoms with E-state index in [0.29, 0.717) is 12.2 Å². The fraction of sp³-hybridized carbons (Fsp3) is 1.00. The van der Waals surface area contributed by atoms with Gasteiger partial charge in [0.05, 0.1) is 18.8 Å². The van der Waals surface area contributed by atoms with Crippen LogP contribution in [0.15, 0.2) is 0 Å². The zero-order chi connectivity index (χ0) is 12.5. The van der Waals surface area contributed by atoms with E-state index in [9.17, 15) is 0 Å². The molecule has 102 valence electrons. The lowest BCUT2D eigenvalue weighted by atomic mass is 10.2. The summed E-state index contributed by atoms with van der Waals surface area (Å²) in [4.78, 5) is 2.42. The van der Waals surface area contributed by atoms with E-state index in [2.05, 4.69) is 17.1 Å². The van der Waals surface area contributed by atoms with Crippen LogP contribution in [0, 0.1) is 0 Å². The number of ether oxygens (including phenoxy) is 2. The van der Waals surface area contributed by atoms with E-state index in [0.717, 1.165) is 39.4 Å². The third kappa shape index (κ3) is 5.82. The Kier molecular flexibility index (Phi) is 7.77. The number of likely N-dealkylation sites (N-methyl/N-ethyl adjacent to an activating group) is 2. The number of hydrogen-bond donors (Lipinski definition) is 1. The van der Waals surface area contributed by atoms with Crippen molar-refractivity contribution in [3.05, 3.63) is 0 Å². The van der Waals surface area contributed by atoms with E-state index in [1.165, 1.54) is 12.8 Å². The minimum atomic E-state index is 0.412. The number of hydrogen-bond acceptors (Lipinski definition) is 4. The maximum Gasteiger partial charge on any atom is 0.0707 e. The largest absolute Gasteiger partial charge is 0.380 e. The van der Waals surface area contributed by atoms with Crippen LogP contribution in [0.25, 0.3) is 0 Å². The fourth-order valence-corrected chi connectivity index (χ4v) is 2.30. The lowest BCUT2D eigenvalue weighted by molar-refractivity contribution is 0.0187. The third-order valence-corrected chi connectivity index (χ3v) is 3.29. The van der Waals surface area contributed by atoms with E-state index in [1.807, 2.05) is 14.0 Å². The molecule has 0 aromatic rings. The van der Waals surface area contributed by atoms with Gasteiger partial charge in [0, 0.05) is 26.2 Å². The van der Waals surface area contributed by atoms with Crippen LogP contribution in [0.5, 0.6) is 0 Å². The van der Waals surface area contributed by atoms with Gasteiger partial charge in [-0.3, -0.25) is 4.90 Å². The van der Waals surface area contributed by atoms with Gasteiger partial charge < -0.3 is 14.8 Å². The quantitative estimate of drug-likeness (QED) is 0.616. The fourth-order valence-electron chi connectivity index (χ4n) is 2.30. The van der Waals surface area contributed by atoms with Gasteiger partial charge in [-0.2, -0.15) is 0 Å². The van der Waals surface area contributed by atoms with Crippen molar-refractivity contribution in [3.63, 3.8) is 0 Å². The normalized spacial score (nSPS) is 24.7. The van der Waals surface area contributed by atoms with E-state index in [1.54, 1.807) is 0 Å². The summed E-state index contributed by atoms with van der Waals surface area (Å²) >= 11 is 0. The van der Waals surface area contributed by atoms with Crippen LogP contribution in [0.1, 0.15) is 26.7 Å². The summed E-state index contributed by atoms with van der Waals surface area (Å²) in [5, 5.41) is 3.18. The zero-order valence-corrected chi connectivity index (χ0v) is 11.6. The molecule has 1 saturated heterocycles. The SMILES string of the molecule is CCOCCN(CC)CC1CCC(CNC)O1. The van der Waals surface area contributed by atoms with Crippen molar-refractivity contribution in [2.24, 2.45) is 0 Å². The molecule has 0 aromatic carbocycles. The minimum Gasteiger partial charge on any atom is -0.380 e. The van der Waals surface area contributed by atoms with Crippen molar-refractivity contribution >= 4 is 0 Å². The highest BCUT2D eigenvalue weighted by atomic mass is 16.5. The highest BCUT2D eigenvalue weighted by Gasteiger charge is 2.25. The van der Waals surface area contributed by atoms with Crippen molar-refractivity contribution in [2.75, 3.05) is 46.4 Å². The second-order valence-corrected chi connectivity index (χ2v) is 4.61. The van der Waals surface area contributed by atoms with Crippen LogP contribution in [0.4, 0.5) is 0 Å². The van der Waals surface area contributed by atoms with E-state index in [-0.39, 0.29) is 0 Å². The van der Waals surface area contributed by atoms with Gasteiger partial charge in [0.25, 0.3) is 0 Å². The van der Waals surface area contributed by atoms with Crippen molar-refractivity contribution < 1.29 is 9.47 Å². The molecule has 1 aliphatic rings. The smallest absolute Gasteiger partial charge is 0.0707 e. The first-order valence-electron chi connectivity index (χ1n) is 6.90. The first-order valence-corrected chi connectivity index (χ1v) is 6.90. The highest BCUT2D eigenvalue weighted by molar-refractivity contribution is 4.77. The van der Waals surface area contributed by atoms with Crippen molar-refractivity contribution in [1.29, 1.82) is 0 Å². The first-order chi connectivity index (χ1) is 8.30. The standard InChI is InChI=1S/C13H28N2O2/c1-4-15(8-9-16-5-2)11-13-7-6-12(17-13)10-14-3/h12-14H,4-11H2,1-3H3. The van der Waals surface area contributed by atoms with Crippen LogP contribution in [-0.4, -0.2) is 63.5 Å². The molecule has 1 N–H and O–H groups in total. The monoisotopic (exact) mass is 244 g/mol. The van der Waals surface area contributed by atoms with Crippen LogP contribution in [0.3, 0.4) is 0 Å². The van der Waals surface area contributed by atoms with Crippen LogP contribution < -0.4 is 5.32 Å². The maximum absolute atomic E-state index is 6.00. The van der Waals surface area contributed by atoms with Gasteiger partial charge >= 0.3 is 0 Å². The van der Waals surface area contributed by atoms with Crippen LogP contribution >= 0.6 is 0 Å². The average Bonchev–Trinajstić information content (AvgIpc) is 2.76. The number of rotatable bonds is 9. The molecule has 0 spiro atoms. The molecule has 0 aliphatic carbocycles. The van der Waals surface area contributed by atoms with Gasteiger partial charge in [-0.25, -0.2) is 0 Å². The van der Waals surface area contributed by atoms with Gasteiger partial charge in [0.15, 0.2) is 0 Å². The second kappa shape index (κ2) is 8.86. The molecule has 2 atom stereocenters. The topological polar surface area (TPSA) is 33.7 Å². The molecule has 0 bridgehead atoms. The molecule has 0 saturated carbocycles. The zero-order valence-electron chi connectivity index (χ0n) is 11.6. The van der Waals surface area contributed by atoms with Gasteiger partial charge in [0.2, 0.25) is 0 Å². The molecule has 4 heteroatoms. The maximum atomic E-state index is 6.00. The summed E-state index contributed by atoms with van der Waals surface area (Å²) in [6.45, 7) is 9.99. The molecule has 0 amide bonds. The Hall–Kier alpha value is -0.160. The predicted octanol–water partition coefficient (Wildman–Crippen LogP) is 1.11. The Morgan fingerprint density at radius 3 is 2.71 bits per heavy atom. The predicted molar refractivity (Wildman–Crippen MR) is 70.4 cm³/mol. The molecular formula is C13H28N2O2. The average molecular weight is 244 g/mol. The Bertz CT molecular complexity index is 190. The molecule has 0 radical (unpaired) electrons. The van der Waals surface area contributed by atoms with E-state index < -0.39 is 0 Å². The third-order valence-electron chi connectivity index (χ3n) is 3.29. The molecular weight excluding hydrogens is 216 g/mol. The molecule has 2 unspecified atom stereocenters. The Morgan fingerprint density at radius 1 is 1.29 bits per heavy atom. The van der Waals surface area contributed by atoms with Crippen LogP contribution in [-0.2, 0) is 9.47 Å². The summed E-state index contributed by atoms with van der Waals surface area (Å²) in [5.41, 5.74) is 0. The minimum absolute atomic E-state index is 0.412. The number of nitrogens with one attached hydrogen (secondary N) is 1. The van der Waals surface area contributed by atoms with Gasteiger partial charge in [0.1, 0.15) is 0 Å².